The summed E-state index contributed by atoms with van der Waals surface area (Å²) in [6.45, 7) is 1.99. The van der Waals surface area contributed by atoms with E-state index in [1.54, 1.807) is 4.90 Å². The zero-order valence-corrected chi connectivity index (χ0v) is 11.0. The third-order valence-electron chi connectivity index (χ3n) is 3.54. The summed E-state index contributed by atoms with van der Waals surface area (Å²) in [6.07, 6.45) is 2.27. The maximum Gasteiger partial charge on any atom is 0.231 e. The van der Waals surface area contributed by atoms with Crippen LogP contribution in [-0.2, 0) is 11.2 Å². The molecule has 0 saturated heterocycles. The summed E-state index contributed by atoms with van der Waals surface area (Å²) in [5.41, 5.74) is 15.1. The first-order chi connectivity index (χ1) is 8.49. The number of nitrogens with zero attached hydrogens (tertiary/aromatic N) is 1. The van der Waals surface area contributed by atoms with Crippen LogP contribution in [0.4, 0.5) is 5.69 Å². The van der Waals surface area contributed by atoms with E-state index in [0.717, 1.165) is 29.7 Å². The molecule has 98 valence electrons. The zero-order valence-electron chi connectivity index (χ0n) is 11.0. The predicted octanol–water partition coefficient (Wildman–Crippen LogP) is 1.33. The lowest BCUT2D eigenvalue weighted by atomic mass is 9.98. The van der Waals surface area contributed by atoms with E-state index in [1.165, 1.54) is 0 Å². The minimum absolute atomic E-state index is 0.00214. The Morgan fingerprint density at radius 2 is 2.06 bits per heavy atom. The molecule has 0 aromatic heterocycles. The van der Waals surface area contributed by atoms with Gasteiger partial charge in [0.25, 0.3) is 0 Å². The van der Waals surface area contributed by atoms with Crippen molar-refractivity contribution in [2.75, 3.05) is 11.9 Å². The van der Waals surface area contributed by atoms with Crippen LogP contribution >= 0.6 is 0 Å². The SMILES string of the molecule is CC(N)CCC(N)c1ccc2c(c1)CC(=O)N2C. The largest absolute Gasteiger partial charge is 0.328 e. The van der Waals surface area contributed by atoms with E-state index in [2.05, 4.69) is 6.07 Å². The molecule has 1 aromatic carbocycles. The van der Waals surface area contributed by atoms with Gasteiger partial charge in [0.2, 0.25) is 5.91 Å². The smallest absolute Gasteiger partial charge is 0.231 e. The van der Waals surface area contributed by atoms with Gasteiger partial charge in [-0.3, -0.25) is 4.79 Å². The highest BCUT2D eigenvalue weighted by molar-refractivity contribution is 6.00. The Hall–Kier alpha value is -1.39. The number of hydrogen-bond donors (Lipinski definition) is 2. The zero-order chi connectivity index (χ0) is 13.3. The summed E-state index contributed by atoms with van der Waals surface area (Å²) in [6, 6.07) is 6.24. The average Bonchev–Trinajstić information content (AvgIpc) is 2.61. The van der Waals surface area contributed by atoms with Crippen LogP contribution in [0.2, 0.25) is 0 Å². The van der Waals surface area contributed by atoms with Gasteiger partial charge in [-0.15, -0.1) is 0 Å². The van der Waals surface area contributed by atoms with Crippen molar-refractivity contribution in [3.63, 3.8) is 0 Å². The number of hydrogen-bond acceptors (Lipinski definition) is 3. The second-order valence-corrected chi connectivity index (χ2v) is 5.18. The van der Waals surface area contributed by atoms with Crippen molar-refractivity contribution in [1.82, 2.24) is 0 Å². The molecule has 0 saturated carbocycles. The van der Waals surface area contributed by atoms with Gasteiger partial charge in [0.05, 0.1) is 6.42 Å². The highest BCUT2D eigenvalue weighted by atomic mass is 16.2. The molecule has 0 fully saturated rings. The van der Waals surface area contributed by atoms with Crippen molar-refractivity contribution >= 4 is 11.6 Å². The van der Waals surface area contributed by atoms with Crippen molar-refractivity contribution < 1.29 is 4.79 Å². The Morgan fingerprint density at radius 1 is 1.33 bits per heavy atom. The molecule has 0 aliphatic carbocycles. The summed E-state index contributed by atoms with van der Waals surface area (Å²) >= 11 is 0. The first-order valence-corrected chi connectivity index (χ1v) is 6.39. The van der Waals surface area contributed by atoms with Crippen LogP contribution < -0.4 is 16.4 Å². The van der Waals surface area contributed by atoms with Gasteiger partial charge in [0.1, 0.15) is 0 Å². The second-order valence-electron chi connectivity index (χ2n) is 5.18. The lowest BCUT2D eigenvalue weighted by Crippen LogP contribution is -2.20. The Kier molecular flexibility index (Phi) is 3.68. The van der Waals surface area contributed by atoms with Gasteiger partial charge < -0.3 is 16.4 Å². The molecule has 1 heterocycles. The minimum atomic E-state index is 0.00214. The van der Waals surface area contributed by atoms with Crippen LogP contribution in [-0.4, -0.2) is 19.0 Å². The number of likely N-dealkylation sites (N-methyl/N-ethyl adjacent to an activating group) is 1. The van der Waals surface area contributed by atoms with Gasteiger partial charge >= 0.3 is 0 Å². The van der Waals surface area contributed by atoms with Gasteiger partial charge in [-0.25, -0.2) is 0 Å². The maximum atomic E-state index is 11.6. The number of nitrogens with two attached hydrogens (primary N) is 2. The van der Waals surface area contributed by atoms with Crippen molar-refractivity contribution in [3.8, 4) is 0 Å². The summed E-state index contributed by atoms with van der Waals surface area (Å²) < 4.78 is 0. The number of fused-ring (bicyclic) bond motifs is 1. The Labute approximate surface area is 108 Å². The molecule has 2 rings (SSSR count). The van der Waals surface area contributed by atoms with Gasteiger partial charge in [-0.2, -0.15) is 0 Å². The van der Waals surface area contributed by atoms with Crippen molar-refractivity contribution in [3.05, 3.63) is 29.3 Å². The molecule has 4 nitrogen and oxygen atoms in total. The van der Waals surface area contributed by atoms with E-state index < -0.39 is 0 Å². The van der Waals surface area contributed by atoms with E-state index in [4.69, 9.17) is 11.5 Å². The first-order valence-electron chi connectivity index (χ1n) is 6.39. The number of rotatable bonds is 4. The average molecular weight is 247 g/mol. The van der Waals surface area contributed by atoms with E-state index in [1.807, 2.05) is 26.1 Å². The van der Waals surface area contributed by atoms with Crippen LogP contribution in [0.5, 0.6) is 0 Å². The normalized spacial score (nSPS) is 17.8. The lowest BCUT2D eigenvalue weighted by Gasteiger charge is -2.15. The molecule has 0 radical (unpaired) electrons. The van der Waals surface area contributed by atoms with Gasteiger partial charge in [0, 0.05) is 24.8 Å². The first kappa shape index (κ1) is 13.1. The molecule has 4 heteroatoms. The number of amides is 1. The quantitative estimate of drug-likeness (QED) is 0.843. The third-order valence-corrected chi connectivity index (χ3v) is 3.54. The molecule has 0 spiro atoms. The van der Waals surface area contributed by atoms with Crippen LogP contribution in [0, 0.1) is 0 Å². The Bertz CT molecular complexity index is 456. The second kappa shape index (κ2) is 5.08. The van der Waals surface area contributed by atoms with Gasteiger partial charge in [-0.1, -0.05) is 12.1 Å². The van der Waals surface area contributed by atoms with Crippen molar-refractivity contribution in [2.24, 2.45) is 11.5 Å². The standard InChI is InChI=1S/C14H21N3O/c1-9(15)3-5-12(16)10-4-6-13-11(7-10)8-14(18)17(13)2/h4,6-7,9,12H,3,5,8,15-16H2,1-2H3. The molecule has 4 N–H and O–H groups in total. The molecule has 1 amide bonds. The van der Waals surface area contributed by atoms with Gasteiger partial charge in [0.15, 0.2) is 0 Å². The topological polar surface area (TPSA) is 72.3 Å². The molecule has 1 aliphatic heterocycles. The summed E-state index contributed by atoms with van der Waals surface area (Å²) in [7, 11) is 1.81. The minimum Gasteiger partial charge on any atom is -0.328 e. The number of carbonyl (C=O) groups is 1. The van der Waals surface area contributed by atoms with Crippen LogP contribution in [0.1, 0.15) is 36.9 Å². The summed E-state index contributed by atoms with van der Waals surface area (Å²) in [5.74, 6) is 0.145. The van der Waals surface area contributed by atoms with Crippen molar-refractivity contribution in [2.45, 2.75) is 38.3 Å². The Morgan fingerprint density at radius 3 is 2.72 bits per heavy atom. The van der Waals surface area contributed by atoms with E-state index in [0.29, 0.717) is 6.42 Å². The molecular weight excluding hydrogens is 226 g/mol. The maximum absolute atomic E-state index is 11.6. The molecule has 1 aromatic rings. The fourth-order valence-electron chi connectivity index (χ4n) is 2.33. The van der Waals surface area contributed by atoms with Crippen molar-refractivity contribution in [1.29, 1.82) is 0 Å². The lowest BCUT2D eigenvalue weighted by molar-refractivity contribution is -0.117. The number of anilines is 1. The van der Waals surface area contributed by atoms with Crippen LogP contribution in [0.15, 0.2) is 18.2 Å². The molecule has 1 aliphatic rings. The van der Waals surface area contributed by atoms with Crippen LogP contribution in [0.3, 0.4) is 0 Å². The number of benzene rings is 1. The Balaban J connectivity index is 2.13. The van der Waals surface area contributed by atoms with E-state index in [-0.39, 0.29) is 18.0 Å². The number of carbonyl (C=O) groups excluding carboxylic acids is 1. The van der Waals surface area contributed by atoms with E-state index in [9.17, 15) is 4.79 Å². The monoisotopic (exact) mass is 247 g/mol. The highest BCUT2D eigenvalue weighted by Gasteiger charge is 2.24. The fourth-order valence-corrected chi connectivity index (χ4v) is 2.33. The predicted molar refractivity (Wildman–Crippen MR) is 73.4 cm³/mol. The van der Waals surface area contributed by atoms with E-state index >= 15 is 0 Å². The van der Waals surface area contributed by atoms with Gasteiger partial charge in [-0.05, 0) is 37.0 Å². The fraction of sp³-hybridized carbons (Fsp3) is 0.500. The van der Waals surface area contributed by atoms with Crippen LogP contribution in [0.25, 0.3) is 0 Å². The summed E-state index contributed by atoms with van der Waals surface area (Å²) in [5, 5.41) is 0. The molecule has 2 unspecified atom stereocenters. The molecule has 2 atom stereocenters. The summed E-state index contributed by atoms with van der Waals surface area (Å²) in [4.78, 5) is 13.3. The third kappa shape index (κ3) is 2.54. The molecule has 18 heavy (non-hydrogen) atoms. The molecule has 0 bridgehead atoms. The molecular formula is C14H21N3O. The highest BCUT2D eigenvalue weighted by Crippen LogP contribution is 2.30.